The van der Waals surface area contributed by atoms with Crippen LogP contribution < -0.4 is 5.32 Å². The highest BCUT2D eigenvalue weighted by Gasteiger charge is 2.52. The fourth-order valence-corrected chi connectivity index (χ4v) is 1.77. The molecule has 1 aliphatic heterocycles. The maximum atomic E-state index is 11.5. The van der Waals surface area contributed by atoms with Gasteiger partial charge in [-0.05, 0) is 12.8 Å². The van der Waals surface area contributed by atoms with Gasteiger partial charge in [-0.25, -0.2) is 0 Å². The van der Waals surface area contributed by atoms with Crippen LogP contribution >= 0.6 is 11.6 Å². The van der Waals surface area contributed by atoms with E-state index in [1.54, 1.807) is 0 Å². The molecule has 0 bridgehead atoms. The van der Waals surface area contributed by atoms with E-state index < -0.39 is 5.41 Å². The number of hydrogen-bond acceptors (Lipinski definition) is 2. The van der Waals surface area contributed by atoms with Gasteiger partial charge in [0.2, 0.25) is 5.91 Å². The van der Waals surface area contributed by atoms with E-state index in [1.165, 1.54) is 0 Å². The van der Waals surface area contributed by atoms with Crippen LogP contribution in [0.1, 0.15) is 19.3 Å². The molecule has 1 saturated carbocycles. The second kappa shape index (κ2) is 2.80. The van der Waals surface area contributed by atoms with Crippen molar-refractivity contribution in [2.24, 2.45) is 10.4 Å². The van der Waals surface area contributed by atoms with Crippen LogP contribution in [0.3, 0.4) is 0 Å². The van der Waals surface area contributed by atoms with E-state index in [-0.39, 0.29) is 23.5 Å². The molecule has 0 atom stereocenters. The molecular formula is C8H9ClN2O2. The van der Waals surface area contributed by atoms with E-state index >= 15 is 0 Å². The van der Waals surface area contributed by atoms with Crippen molar-refractivity contribution < 1.29 is 9.59 Å². The first-order chi connectivity index (χ1) is 6.19. The number of halogens is 1. The predicted molar refractivity (Wildman–Crippen MR) is 47.6 cm³/mol. The minimum Gasteiger partial charge on any atom is -0.312 e. The number of aliphatic imine (C=N–C) groups is 1. The molecule has 1 heterocycles. The lowest BCUT2D eigenvalue weighted by molar-refractivity contribution is -0.147. The summed E-state index contributed by atoms with van der Waals surface area (Å²) in [5, 5.41) is 2.55. The normalized spacial score (nSPS) is 25.2. The van der Waals surface area contributed by atoms with Gasteiger partial charge in [0.15, 0.2) is 0 Å². The Balaban J connectivity index is 2.30. The number of nitrogens with zero attached hydrogens (tertiary/aromatic N) is 1. The average Bonchev–Trinajstić information content (AvgIpc) is 2.00. The zero-order chi connectivity index (χ0) is 9.47. The van der Waals surface area contributed by atoms with Gasteiger partial charge in [0.05, 0.1) is 5.88 Å². The number of amidine groups is 1. The van der Waals surface area contributed by atoms with Gasteiger partial charge in [0.25, 0.3) is 5.91 Å². The van der Waals surface area contributed by atoms with E-state index in [0.717, 1.165) is 6.42 Å². The molecule has 0 unspecified atom stereocenters. The molecule has 70 valence electrons. The van der Waals surface area contributed by atoms with Crippen LogP contribution in [-0.2, 0) is 9.59 Å². The molecule has 5 heteroatoms. The highest BCUT2D eigenvalue weighted by Crippen LogP contribution is 2.43. The largest absolute Gasteiger partial charge is 0.312 e. The molecule has 1 N–H and O–H groups in total. The molecule has 13 heavy (non-hydrogen) atoms. The first-order valence-electron chi connectivity index (χ1n) is 4.18. The van der Waals surface area contributed by atoms with Crippen LogP contribution in [-0.4, -0.2) is 23.5 Å². The average molecular weight is 201 g/mol. The van der Waals surface area contributed by atoms with E-state index in [4.69, 9.17) is 11.6 Å². The van der Waals surface area contributed by atoms with Crippen molar-refractivity contribution in [1.29, 1.82) is 0 Å². The van der Waals surface area contributed by atoms with Crippen molar-refractivity contribution in [2.75, 3.05) is 5.88 Å². The Labute approximate surface area is 80.4 Å². The number of carbonyl (C=O) groups is 2. The van der Waals surface area contributed by atoms with Crippen LogP contribution in [0, 0.1) is 5.41 Å². The Morgan fingerprint density at radius 3 is 2.54 bits per heavy atom. The topological polar surface area (TPSA) is 58.5 Å². The lowest BCUT2D eigenvalue weighted by Crippen LogP contribution is -2.56. The summed E-state index contributed by atoms with van der Waals surface area (Å²) < 4.78 is 0. The zero-order valence-electron chi connectivity index (χ0n) is 6.97. The summed E-state index contributed by atoms with van der Waals surface area (Å²) in [5.74, 6) is -0.199. The molecular weight excluding hydrogens is 192 g/mol. The second-order valence-electron chi connectivity index (χ2n) is 3.39. The number of carbonyl (C=O) groups excluding carboxylic acids is 2. The van der Waals surface area contributed by atoms with Gasteiger partial charge in [-0.15, -0.1) is 11.6 Å². The summed E-state index contributed by atoms with van der Waals surface area (Å²) in [6.07, 6.45) is 2.17. The Morgan fingerprint density at radius 2 is 2.15 bits per heavy atom. The molecule has 1 spiro atoms. The maximum absolute atomic E-state index is 11.5. The second-order valence-corrected chi connectivity index (χ2v) is 3.65. The summed E-state index contributed by atoms with van der Waals surface area (Å²) in [5.41, 5.74) is -0.838. The SMILES string of the molecule is O=C1N=C(CCl)NC(=O)C12CCC2. The minimum absolute atomic E-state index is 0.0769. The highest BCUT2D eigenvalue weighted by molar-refractivity contribution is 6.32. The lowest BCUT2D eigenvalue weighted by atomic mass is 9.67. The number of amides is 2. The van der Waals surface area contributed by atoms with Gasteiger partial charge >= 0.3 is 0 Å². The summed E-state index contributed by atoms with van der Waals surface area (Å²) in [7, 11) is 0. The van der Waals surface area contributed by atoms with Gasteiger partial charge in [-0.1, -0.05) is 6.42 Å². The Morgan fingerprint density at radius 1 is 1.46 bits per heavy atom. The number of rotatable bonds is 1. The molecule has 2 amide bonds. The molecule has 1 aliphatic carbocycles. The van der Waals surface area contributed by atoms with E-state index in [1.807, 2.05) is 0 Å². The number of hydrogen-bond donors (Lipinski definition) is 1. The van der Waals surface area contributed by atoms with E-state index in [9.17, 15) is 9.59 Å². The highest BCUT2D eigenvalue weighted by atomic mass is 35.5. The van der Waals surface area contributed by atoms with Crippen molar-refractivity contribution in [3.05, 3.63) is 0 Å². The van der Waals surface area contributed by atoms with Crippen LogP contribution in [0.4, 0.5) is 0 Å². The van der Waals surface area contributed by atoms with Crippen LogP contribution in [0.5, 0.6) is 0 Å². The molecule has 0 aromatic carbocycles. The summed E-state index contributed by atoms with van der Waals surface area (Å²) in [6.45, 7) is 0. The third-order valence-corrected chi connectivity index (χ3v) is 2.93. The van der Waals surface area contributed by atoms with Crippen molar-refractivity contribution in [2.45, 2.75) is 19.3 Å². The zero-order valence-corrected chi connectivity index (χ0v) is 7.73. The molecule has 2 rings (SSSR count). The molecule has 0 aromatic heterocycles. The number of alkyl halides is 1. The van der Waals surface area contributed by atoms with E-state index in [0.29, 0.717) is 12.8 Å². The molecule has 4 nitrogen and oxygen atoms in total. The van der Waals surface area contributed by atoms with Crippen LogP contribution in [0.15, 0.2) is 4.99 Å². The fourth-order valence-electron chi connectivity index (χ4n) is 1.64. The van der Waals surface area contributed by atoms with Crippen molar-refractivity contribution in [3.8, 4) is 0 Å². The van der Waals surface area contributed by atoms with Crippen LogP contribution in [0.2, 0.25) is 0 Å². The molecule has 1 fully saturated rings. The first-order valence-corrected chi connectivity index (χ1v) is 4.72. The summed E-state index contributed by atoms with van der Waals surface area (Å²) >= 11 is 5.47. The predicted octanol–water partition coefficient (Wildman–Crippen LogP) is 0.450. The third-order valence-electron chi connectivity index (χ3n) is 2.67. The first kappa shape index (κ1) is 8.69. The van der Waals surface area contributed by atoms with Crippen molar-refractivity contribution in [1.82, 2.24) is 5.32 Å². The summed E-state index contributed by atoms with van der Waals surface area (Å²) in [6, 6.07) is 0. The van der Waals surface area contributed by atoms with Gasteiger partial charge < -0.3 is 5.32 Å². The molecule has 0 radical (unpaired) electrons. The van der Waals surface area contributed by atoms with Crippen LogP contribution in [0.25, 0.3) is 0 Å². The van der Waals surface area contributed by atoms with E-state index in [2.05, 4.69) is 10.3 Å². The minimum atomic E-state index is -0.838. The fraction of sp³-hybridized carbons (Fsp3) is 0.625. The Bertz CT molecular complexity index is 307. The maximum Gasteiger partial charge on any atom is 0.263 e. The monoisotopic (exact) mass is 200 g/mol. The van der Waals surface area contributed by atoms with Gasteiger partial charge in [-0.3, -0.25) is 9.59 Å². The van der Waals surface area contributed by atoms with Gasteiger partial charge in [0.1, 0.15) is 11.3 Å². The Hall–Kier alpha value is -0.900. The molecule has 0 saturated heterocycles. The third kappa shape index (κ3) is 1.09. The Kier molecular flexibility index (Phi) is 1.87. The summed E-state index contributed by atoms with van der Waals surface area (Å²) in [4.78, 5) is 26.7. The molecule has 2 aliphatic rings. The quantitative estimate of drug-likeness (QED) is 0.494. The van der Waals surface area contributed by atoms with Crippen molar-refractivity contribution in [3.63, 3.8) is 0 Å². The van der Waals surface area contributed by atoms with Crippen molar-refractivity contribution >= 4 is 29.3 Å². The standard InChI is InChI=1S/C8H9ClN2O2/c9-4-5-10-6(12)8(2-1-3-8)7(13)11-5/h1-4H2,(H,10,11,12,13). The van der Waals surface area contributed by atoms with Gasteiger partial charge in [-0.2, -0.15) is 4.99 Å². The molecule has 0 aromatic rings. The smallest absolute Gasteiger partial charge is 0.263 e. The number of nitrogens with one attached hydrogen (secondary N) is 1. The lowest BCUT2D eigenvalue weighted by Gasteiger charge is -2.39. The van der Waals surface area contributed by atoms with Gasteiger partial charge in [0, 0.05) is 0 Å².